The minimum Gasteiger partial charge on any atom is -0.496 e. The molecular weight excluding hydrogens is 354 g/mol. The Hall–Kier alpha value is -2.80. The van der Waals surface area contributed by atoms with Gasteiger partial charge in [0, 0.05) is 17.1 Å². The summed E-state index contributed by atoms with van der Waals surface area (Å²) in [5.74, 6) is 0.671. The summed E-state index contributed by atoms with van der Waals surface area (Å²) >= 11 is 0. The normalized spacial score (nSPS) is 11.5. The maximum absolute atomic E-state index is 12.9. The molecule has 136 valence electrons. The molecular formula is C19H19NO5S. The fourth-order valence-corrected chi connectivity index (χ4v) is 4.13. The van der Waals surface area contributed by atoms with E-state index >= 15 is 0 Å². The Morgan fingerprint density at radius 1 is 1.12 bits per heavy atom. The summed E-state index contributed by atoms with van der Waals surface area (Å²) in [5, 5.41) is 0.630. The van der Waals surface area contributed by atoms with Gasteiger partial charge in [-0.25, -0.2) is 13.2 Å². The number of benzene rings is 2. The number of aryl methyl sites for hydroxylation is 2. The third-order valence-electron chi connectivity index (χ3n) is 4.12. The van der Waals surface area contributed by atoms with E-state index in [4.69, 9.17) is 9.15 Å². The van der Waals surface area contributed by atoms with E-state index in [1.54, 1.807) is 50.4 Å². The first kappa shape index (κ1) is 18.0. The van der Waals surface area contributed by atoms with Crippen molar-refractivity contribution in [3.63, 3.8) is 0 Å². The first-order chi connectivity index (χ1) is 12.3. The van der Waals surface area contributed by atoms with Crippen molar-refractivity contribution in [1.29, 1.82) is 0 Å². The van der Waals surface area contributed by atoms with Gasteiger partial charge in [0.25, 0.3) is 10.0 Å². The van der Waals surface area contributed by atoms with Gasteiger partial charge >= 0.3 is 5.63 Å². The van der Waals surface area contributed by atoms with Crippen LogP contribution in [0.5, 0.6) is 5.75 Å². The quantitative estimate of drug-likeness (QED) is 0.692. The molecule has 0 radical (unpaired) electrons. The Kier molecular flexibility index (Phi) is 4.73. The summed E-state index contributed by atoms with van der Waals surface area (Å²) in [4.78, 5) is 11.4. The van der Waals surface area contributed by atoms with Gasteiger partial charge in [-0.15, -0.1) is 0 Å². The summed E-state index contributed by atoms with van der Waals surface area (Å²) in [6, 6.07) is 11.0. The fourth-order valence-electron chi connectivity index (χ4n) is 2.80. The van der Waals surface area contributed by atoms with Crippen molar-refractivity contribution < 1.29 is 17.6 Å². The molecule has 0 bridgehead atoms. The highest BCUT2D eigenvalue weighted by Crippen LogP contribution is 2.28. The molecule has 7 heteroatoms. The van der Waals surface area contributed by atoms with Crippen LogP contribution < -0.4 is 15.1 Å². The highest BCUT2D eigenvalue weighted by atomic mass is 32.2. The van der Waals surface area contributed by atoms with Crippen molar-refractivity contribution in [1.82, 2.24) is 0 Å². The van der Waals surface area contributed by atoms with E-state index in [2.05, 4.69) is 4.72 Å². The third-order valence-corrected chi connectivity index (χ3v) is 5.64. The Bertz CT molecular complexity index is 1130. The fraction of sp³-hybridized carbons (Fsp3) is 0.211. The molecule has 0 fully saturated rings. The number of rotatable bonds is 5. The van der Waals surface area contributed by atoms with E-state index in [1.807, 2.05) is 6.92 Å². The summed E-state index contributed by atoms with van der Waals surface area (Å²) in [7, 11) is -2.21. The molecule has 0 unspecified atom stereocenters. The smallest absolute Gasteiger partial charge is 0.336 e. The maximum atomic E-state index is 12.9. The second kappa shape index (κ2) is 6.84. The number of anilines is 1. The SMILES string of the molecule is CCc1cc(S(=O)(=O)Nc2ccc3oc(=O)ccc3c2)c(C)cc1OC. The summed E-state index contributed by atoms with van der Waals surface area (Å²) in [5.41, 5.74) is 1.75. The molecule has 0 saturated heterocycles. The second-order valence-electron chi connectivity index (χ2n) is 5.90. The summed E-state index contributed by atoms with van der Waals surface area (Å²) in [6.45, 7) is 3.67. The molecule has 3 rings (SSSR count). The zero-order valence-electron chi connectivity index (χ0n) is 14.7. The van der Waals surface area contributed by atoms with E-state index in [9.17, 15) is 13.2 Å². The average Bonchev–Trinajstić information content (AvgIpc) is 2.61. The standard InChI is InChI=1S/C19H19NO5S/c1-4-13-11-18(12(2)9-17(13)24-3)26(22,23)20-15-6-7-16-14(10-15)5-8-19(21)25-16/h5-11,20H,4H2,1-3H3. The van der Waals surface area contributed by atoms with Crippen LogP contribution in [0.2, 0.25) is 0 Å². The van der Waals surface area contributed by atoms with E-state index in [-0.39, 0.29) is 4.90 Å². The van der Waals surface area contributed by atoms with E-state index in [1.165, 1.54) is 6.07 Å². The zero-order valence-corrected chi connectivity index (χ0v) is 15.5. The minimum absolute atomic E-state index is 0.204. The highest BCUT2D eigenvalue weighted by Gasteiger charge is 2.20. The Morgan fingerprint density at radius 2 is 1.88 bits per heavy atom. The number of nitrogens with one attached hydrogen (secondary N) is 1. The molecule has 6 nitrogen and oxygen atoms in total. The molecule has 1 aromatic heterocycles. The summed E-state index contributed by atoms with van der Waals surface area (Å²) in [6.07, 6.45) is 0.654. The number of sulfonamides is 1. The van der Waals surface area contributed by atoms with E-state index < -0.39 is 15.6 Å². The van der Waals surface area contributed by atoms with Crippen LogP contribution in [-0.4, -0.2) is 15.5 Å². The number of hydrogen-bond acceptors (Lipinski definition) is 5. The monoisotopic (exact) mass is 373 g/mol. The number of hydrogen-bond donors (Lipinski definition) is 1. The average molecular weight is 373 g/mol. The molecule has 0 spiro atoms. The topological polar surface area (TPSA) is 85.6 Å². The molecule has 0 amide bonds. The largest absolute Gasteiger partial charge is 0.496 e. The van der Waals surface area contributed by atoms with Crippen molar-refractivity contribution in [2.45, 2.75) is 25.2 Å². The molecule has 2 aromatic carbocycles. The lowest BCUT2D eigenvalue weighted by Gasteiger charge is -2.14. The molecule has 0 aliphatic rings. The van der Waals surface area contributed by atoms with Crippen molar-refractivity contribution in [2.24, 2.45) is 0 Å². The van der Waals surface area contributed by atoms with Crippen LogP contribution in [0.15, 0.2) is 56.6 Å². The van der Waals surface area contributed by atoms with Gasteiger partial charge in [-0.2, -0.15) is 0 Å². The lowest BCUT2D eigenvalue weighted by atomic mass is 10.1. The van der Waals surface area contributed by atoms with Crippen LogP contribution in [0.4, 0.5) is 5.69 Å². The Morgan fingerprint density at radius 3 is 2.58 bits per heavy atom. The van der Waals surface area contributed by atoms with E-state index in [0.29, 0.717) is 34.4 Å². The van der Waals surface area contributed by atoms with Gasteiger partial charge < -0.3 is 9.15 Å². The lowest BCUT2D eigenvalue weighted by Crippen LogP contribution is -2.15. The molecule has 0 atom stereocenters. The predicted octanol–water partition coefficient (Wildman–Crippen LogP) is 3.47. The van der Waals surface area contributed by atoms with Crippen LogP contribution in [0.25, 0.3) is 11.0 Å². The Balaban J connectivity index is 2.01. The van der Waals surface area contributed by atoms with Crippen LogP contribution in [0.3, 0.4) is 0 Å². The minimum atomic E-state index is -3.78. The van der Waals surface area contributed by atoms with Gasteiger partial charge in [0.1, 0.15) is 11.3 Å². The van der Waals surface area contributed by atoms with E-state index in [0.717, 1.165) is 5.56 Å². The molecule has 1 N–H and O–H groups in total. The molecule has 3 aromatic rings. The van der Waals surface area contributed by atoms with Crippen molar-refractivity contribution in [3.05, 3.63) is 64.0 Å². The zero-order chi connectivity index (χ0) is 18.9. The molecule has 26 heavy (non-hydrogen) atoms. The molecule has 0 aliphatic heterocycles. The van der Waals surface area contributed by atoms with Gasteiger partial charge in [0.15, 0.2) is 0 Å². The van der Waals surface area contributed by atoms with Crippen LogP contribution in [-0.2, 0) is 16.4 Å². The van der Waals surface area contributed by atoms with Gasteiger partial charge in [-0.05, 0) is 60.9 Å². The van der Waals surface area contributed by atoms with Crippen molar-refractivity contribution in [3.8, 4) is 5.75 Å². The summed E-state index contributed by atoms with van der Waals surface area (Å²) < 4.78 is 38.7. The van der Waals surface area contributed by atoms with Crippen LogP contribution in [0.1, 0.15) is 18.1 Å². The number of fused-ring (bicyclic) bond motifs is 1. The first-order valence-electron chi connectivity index (χ1n) is 8.08. The van der Waals surface area contributed by atoms with Crippen molar-refractivity contribution in [2.75, 3.05) is 11.8 Å². The van der Waals surface area contributed by atoms with Crippen molar-refractivity contribution >= 4 is 26.7 Å². The first-order valence-corrected chi connectivity index (χ1v) is 9.56. The molecule has 1 heterocycles. The second-order valence-corrected chi connectivity index (χ2v) is 7.55. The highest BCUT2D eigenvalue weighted by molar-refractivity contribution is 7.92. The lowest BCUT2D eigenvalue weighted by molar-refractivity contribution is 0.409. The van der Waals surface area contributed by atoms with Crippen LogP contribution >= 0.6 is 0 Å². The molecule has 0 aliphatic carbocycles. The van der Waals surface area contributed by atoms with Gasteiger partial charge in [-0.1, -0.05) is 6.92 Å². The molecule has 0 saturated carbocycles. The number of methoxy groups -OCH3 is 1. The van der Waals surface area contributed by atoms with Gasteiger partial charge in [0.05, 0.1) is 12.0 Å². The Labute approximate surface area is 151 Å². The third kappa shape index (κ3) is 3.43. The van der Waals surface area contributed by atoms with Gasteiger partial charge in [-0.3, -0.25) is 4.72 Å². The number of ether oxygens (including phenoxy) is 1. The maximum Gasteiger partial charge on any atom is 0.336 e. The van der Waals surface area contributed by atoms with Crippen LogP contribution in [0, 0.1) is 6.92 Å². The predicted molar refractivity (Wildman–Crippen MR) is 100 cm³/mol. The van der Waals surface area contributed by atoms with Gasteiger partial charge in [0.2, 0.25) is 0 Å².